The minimum Gasteiger partial charge on any atom is -0.350 e. The van der Waals surface area contributed by atoms with Crippen molar-refractivity contribution >= 4 is 17.8 Å². The molecular formula is C21H22FN3O3. The van der Waals surface area contributed by atoms with Crippen molar-refractivity contribution in [2.75, 3.05) is 6.54 Å². The van der Waals surface area contributed by atoms with Gasteiger partial charge >= 0.3 is 6.03 Å². The first-order chi connectivity index (χ1) is 13.4. The van der Waals surface area contributed by atoms with Gasteiger partial charge in [0.25, 0.3) is 5.91 Å². The van der Waals surface area contributed by atoms with Crippen LogP contribution in [0, 0.1) is 12.7 Å². The fourth-order valence-electron chi connectivity index (χ4n) is 3.35. The van der Waals surface area contributed by atoms with Crippen LogP contribution in [0.3, 0.4) is 0 Å². The van der Waals surface area contributed by atoms with Crippen molar-refractivity contribution in [3.8, 4) is 0 Å². The van der Waals surface area contributed by atoms with E-state index in [9.17, 15) is 18.8 Å². The molecule has 6 nitrogen and oxygen atoms in total. The highest BCUT2D eigenvalue weighted by Crippen LogP contribution is 2.32. The van der Waals surface area contributed by atoms with Gasteiger partial charge in [-0.3, -0.25) is 14.5 Å². The molecule has 2 aromatic carbocycles. The number of hydrogen-bond acceptors (Lipinski definition) is 3. The summed E-state index contributed by atoms with van der Waals surface area (Å²) in [4.78, 5) is 38.6. The molecule has 1 saturated heterocycles. The summed E-state index contributed by atoms with van der Waals surface area (Å²) in [5.41, 5.74) is 1.19. The maximum Gasteiger partial charge on any atom is 0.325 e. The van der Waals surface area contributed by atoms with Gasteiger partial charge in [0, 0.05) is 6.54 Å². The van der Waals surface area contributed by atoms with Gasteiger partial charge in [-0.1, -0.05) is 43.3 Å². The Balaban J connectivity index is 1.71. The summed E-state index contributed by atoms with van der Waals surface area (Å²) in [6, 6.07) is 12.4. The molecule has 1 aliphatic rings. The normalized spacial score (nSPS) is 18.9. The van der Waals surface area contributed by atoms with E-state index in [2.05, 4.69) is 10.6 Å². The minimum atomic E-state index is -1.29. The largest absolute Gasteiger partial charge is 0.350 e. The molecule has 0 bridgehead atoms. The summed E-state index contributed by atoms with van der Waals surface area (Å²) in [5, 5.41) is 5.41. The maximum atomic E-state index is 13.2. The van der Waals surface area contributed by atoms with E-state index in [4.69, 9.17) is 0 Å². The van der Waals surface area contributed by atoms with Crippen LogP contribution < -0.4 is 10.6 Å². The number of carbonyl (C=O) groups excluding carboxylic acids is 3. The van der Waals surface area contributed by atoms with Gasteiger partial charge in [0.15, 0.2) is 0 Å². The number of carbonyl (C=O) groups is 3. The molecule has 1 atom stereocenters. The van der Waals surface area contributed by atoms with Gasteiger partial charge in [-0.15, -0.1) is 0 Å². The van der Waals surface area contributed by atoms with Crippen molar-refractivity contribution in [2.45, 2.75) is 32.4 Å². The molecule has 1 heterocycles. The number of urea groups is 1. The molecule has 1 unspecified atom stereocenters. The number of rotatable bonds is 6. The van der Waals surface area contributed by atoms with Gasteiger partial charge in [-0.05, 0) is 42.2 Å². The molecule has 0 aliphatic carbocycles. The van der Waals surface area contributed by atoms with Gasteiger partial charge in [-0.2, -0.15) is 0 Å². The van der Waals surface area contributed by atoms with Crippen molar-refractivity contribution in [1.82, 2.24) is 15.5 Å². The summed E-state index contributed by atoms with van der Waals surface area (Å²) in [5.74, 6) is -1.38. The lowest BCUT2D eigenvalue weighted by molar-refractivity contribution is -0.135. The molecule has 7 heteroatoms. The molecule has 1 fully saturated rings. The third kappa shape index (κ3) is 3.60. The van der Waals surface area contributed by atoms with Crippen LogP contribution in [0.15, 0.2) is 48.5 Å². The van der Waals surface area contributed by atoms with Crippen molar-refractivity contribution in [2.24, 2.45) is 0 Å². The zero-order valence-electron chi connectivity index (χ0n) is 15.8. The Morgan fingerprint density at radius 3 is 2.46 bits per heavy atom. The molecule has 28 heavy (non-hydrogen) atoms. The van der Waals surface area contributed by atoms with Crippen molar-refractivity contribution in [3.63, 3.8) is 0 Å². The van der Waals surface area contributed by atoms with E-state index in [1.54, 1.807) is 6.92 Å². The summed E-state index contributed by atoms with van der Waals surface area (Å²) in [6.45, 7) is 3.63. The molecule has 0 radical (unpaired) electrons. The third-order valence-corrected chi connectivity index (χ3v) is 5.08. The molecular weight excluding hydrogens is 361 g/mol. The SMILES string of the molecule is CCC1(c2ccc(F)cc2)NC(=O)N(CC(=O)NCc2ccccc2C)C1=O. The van der Waals surface area contributed by atoms with Crippen LogP contribution in [0.4, 0.5) is 9.18 Å². The van der Waals surface area contributed by atoms with Crippen LogP contribution in [-0.4, -0.2) is 29.3 Å². The van der Waals surface area contributed by atoms with Crippen LogP contribution in [0.1, 0.15) is 30.0 Å². The summed E-state index contributed by atoms with van der Waals surface area (Å²) in [7, 11) is 0. The van der Waals surface area contributed by atoms with E-state index in [0.717, 1.165) is 16.0 Å². The maximum absolute atomic E-state index is 13.2. The summed E-state index contributed by atoms with van der Waals surface area (Å²) < 4.78 is 13.2. The number of benzene rings is 2. The van der Waals surface area contributed by atoms with E-state index in [1.165, 1.54) is 24.3 Å². The lowest BCUT2D eigenvalue weighted by atomic mass is 9.87. The lowest BCUT2D eigenvalue weighted by Gasteiger charge is -2.25. The molecule has 0 aromatic heterocycles. The molecule has 3 rings (SSSR count). The average Bonchev–Trinajstić information content (AvgIpc) is 2.93. The van der Waals surface area contributed by atoms with Crippen LogP contribution in [-0.2, 0) is 21.7 Å². The Morgan fingerprint density at radius 2 is 1.82 bits per heavy atom. The number of amides is 4. The first-order valence-electron chi connectivity index (χ1n) is 9.08. The molecule has 1 aliphatic heterocycles. The highest BCUT2D eigenvalue weighted by Gasteiger charge is 2.51. The van der Waals surface area contributed by atoms with E-state index >= 15 is 0 Å². The fourth-order valence-corrected chi connectivity index (χ4v) is 3.35. The number of halogens is 1. The Hall–Kier alpha value is -3.22. The monoisotopic (exact) mass is 383 g/mol. The molecule has 2 aromatic rings. The average molecular weight is 383 g/mol. The molecule has 0 saturated carbocycles. The van der Waals surface area contributed by atoms with Crippen LogP contribution in [0.5, 0.6) is 0 Å². The van der Waals surface area contributed by atoms with E-state index < -0.39 is 29.2 Å². The second kappa shape index (κ2) is 7.80. The van der Waals surface area contributed by atoms with E-state index in [0.29, 0.717) is 12.1 Å². The van der Waals surface area contributed by atoms with Gasteiger partial charge in [0.2, 0.25) is 5.91 Å². The van der Waals surface area contributed by atoms with Gasteiger partial charge in [-0.25, -0.2) is 9.18 Å². The van der Waals surface area contributed by atoms with E-state index in [1.807, 2.05) is 31.2 Å². The fraction of sp³-hybridized carbons (Fsp3) is 0.286. The molecule has 2 N–H and O–H groups in total. The summed E-state index contributed by atoms with van der Waals surface area (Å²) in [6.07, 6.45) is 0.282. The first-order valence-corrected chi connectivity index (χ1v) is 9.08. The lowest BCUT2D eigenvalue weighted by Crippen LogP contribution is -2.44. The smallest absolute Gasteiger partial charge is 0.325 e. The molecule has 0 spiro atoms. The quantitative estimate of drug-likeness (QED) is 0.753. The Bertz CT molecular complexity index is 913. The molecule has 146 valence electrons. The minimum absolute atomic E-state index is 0.282. The third-order valence-electron chi connectivity index (χ3n) is 5.08. The highest BCUT2D eigenvalue weighted by atomic mass is 19.1. The van der Waals surface area contributed by atoms with Crippen molar-refractivity contribution in [1.29, 1.82) is 0 Å². The number of imide groups is 1. The zero-order valence-corrected chi connectivity index (χ0v) is 15.8. The number of hydrogen-bond donors (Lipinski definition) is 2. The Labute approximate surface area is 162 Å². The predicted octanol–water partition coefficient (Wildman–Crippen LogP) is 2.61. The number of nitrogens with one attached hydrogen (secondary N) is 2. The Morgan fingerprint density at radius 1 is 1.14 bits per heavy atom. The summed E-state index contributed by atoms with van der Waals surface area (Å²) >= 11 is 0. The van der Waals surface area contributed by atoms with Gasteiger partial charge in [0.05, 0.1) is 0 Å². The van der Waals surface area contributed by atoms with E-state index in [-0.39, 0.29) is 13.0 Å². The first kappa shape index (κ1) is 19.5. The van der Waals surface area contributed by atoms with Gasteiger partial charge in [0.1, 0.15) is 17.9 Å². The van der Waals surface area contributed by atoms with Crippen molar-refractivity contribution in [3.05, 3.63) is 71.0 Å². The second-order valence-electron chi connectivity index (χ2n) is 6.79. The standard InChI is InChI=1S/C21H22FN3O3/c1-3-21(16-8-10-17(22)11-9-16)19(27)25(20(28)24-21)13-18(26)23-12-15-7-5-4-6-14(15)2/h4-11H,3,12-13H2,1-2H3,(H,23,26)(H,24,28). The highest BCUT2D eigenvalue weighted by molar-refractivity contribution is 6.09. The van der Waals surface area contributed by atoms with Crippen LogP contribution in [0.2, 0.25) is 0 Å². The van der Waals surface area contributed by atoms with Crippen molar-refractivity contribution < 1.29 is 18.8 Å². The second-order valence-corrected chi connectivity index (χ2v) is 6.79. The van der Waals surface area contributed by atoms with Crippen LogP contribution in [0.25, 0.3) is 0 Å². The molecule has 4 amide bonds. The van der Waals surface area contributed by atoms with Crippen LogP contribution >= 0.6 is 0 Å². The predicted molar refractivity (Wildman–Crippen MR) is 102 cm³/mol. The van der Waals surface area contributed by atoms with Gasteiger partial charge < -0.3 is 10.6 Å². The zero-order chi connectivity index (χ0) is 20.3. The number of nitrogens with zero attached hydrogens (tertiary/aromatic N) is 1. The number of aryl methyl sites for hydroxylation is 1. The Kier molecular flexibility index (Phi) is 5.44. The topological polar surface area (TPSA) is 78.5 Å².